The molecule has 1 aromatic carbocycles. The van der Waals surface area contributed by atoms with E-state index in [-0.39, 0.29) is 5.91 Å². The summed E-state index contributed by atoms with van der Waals surface area (Å²) >= 11 is 6.10. The fourth-order valence-corrected chi connectivity index (χ4v) is 2.65. The zero-order valence-corrected chi connectivity index (χ0v) is 11.3. The van der Waals surface area contributed by atoms with Gasteiger partial charge in [-0.25, -0.2) is 0 Å². The van der Waals surface area contributed by atoms with Crippen molar-refractivity contribution in [2.24, 2.45) is 5.73 Å². The Balaban J connectivity index is 2.17. The highest BCUT2D eigenvalue weighted by molar-refractivity contribution is 6.31. The molecule has 0 aromatic heterocycles. The van der Waals surface area contributed by atoms with Crippen molar-refractivity contribution in [2.45, 2.75) is 44.7 Å². The number of benzene rings is 1. The molecule has 1 fully saturated rings. The molecule has 1 aromatic rings. The summed E-state index contributed by atoms with van der Waals surface area (Å²) in [6, 6.07) is 5.62. The first-order valence-corrected chi connectivity index (χ1v) is 6.77. The van der Waals surface area contributed by atoms with E-state index < -0.39 is 6.04 Å². The Kier molecular flexibility index (Phi) is 4.25. The van der Waals surface area contributed by atoms with Crippen LogP contribution in [-0.2, 0) is 4.79 Å². The summed E-state index contributed by atoms with van der Waals surface area (Å²) in [6.07, 6.45) is 4.67. The van der Waals surface area contributed by atoms with Gasteiger partial charge in [-0.1, -0.05) is 36.6 Å². The molecule has 1 aliphatic carbocycles. The number of rotatable bonds is 4. The van der Waals surface area contributed by atoms with Crippen molar-refractivity contribution < 1.29 is 4.79 Å². The Morgan fingerprint density at radius 2 is 2.11 bits per heavy atom. The molecule has 1 amide bonds. The van der Waals surface area contributed by atoms with Gasteiger partial charge in [-0.3, -0.25) is 10.1 Å². The van der Waals surface area contributed by atoms with Crippen LogP contribution in [0.25, 0.3) is 0 Å². The number of carbonyl (C=O) groups is 1. The average molecular weight is 267 g/mol. The second-order valence-corrected chi connectivity index (χ2v) is 5.40. The molecule has 1 aliphatic rings. The molecule has 0 radical (unpaired) electrons. The fraction of sp³-hybridized carbons (Fsp3) is 0.500. The Hall–Kier alpha value is -1.06. The molecule has 0 spiro atoms. The van der Waals surface area contributed by atoms with Gasteiger partial charge in [0.25, 0.3) is 0 Å². The minimum absolute atomic E-state index is 0.346. The summed E-state index contributed by atoms with van der Waals surface area (Å²) in [4.78, 5) is 11.6. The lowest BCUT2D eigenvalue weighted by Gasteiger charge is -2.21. The van der Waals surface area contributed by atoms with Crippen molar-refractivity contribution in [3.63, 3.8) is 0 Å². The molecule has 0 heterocycles. The molecular weight excluding hydrogens is 248 g/mol. The minimum atomic E-state index is -0.439. The number of nitrogens with two attached hydrogens (primary N) is 1. The van der Waals surface area contributed by atoms with Crippen LogP contribution < -0.4 is 11.1 Å². The van der Waals surface area contributed by atoms with Gasteiger partial charge in [0.15, 0.2) is 0 Å². The van der Waals surface area contributed by atoms with Crippen LogP contribution in [0.15, 0.2) is 18.2 Å². The van der Waals surface area contributed by atoms with Gasteiger partial charge in [0.2, 0.25) is 5.91 Å². The molecular formula is C14H19ClN2O. The predicted molar refractivity (Wildman–Crippen MR) is 73.5 cm³/mol. The fourth-order valence-electron chi connectivity index (χ4n) is 2.46. The summed E-state index contributed by atoms with van der Waals surface area (Å²) in [5.74, 6) is -0.346. The molecule has 3 N–H and O–H groups in total. The normalized spacial score (nSPS) is 17.9. The van der Waals surface area contributed by atoms with E-state index in [2.05, 4.69) is 5.32 Å². The van der Waals surface area contributed by atoms with E-state index in [0.717, 1.165) is 24.0 Å². The first-order chi connectivity index (χ1) is 8.58. The van der Waals surface area contributed by atoms with E-state index in [4.69, 9.17) is 17.3 Å². The maximum Gasteiger partial charge on any atom is 0.239 e. The second kappa shape index (κ2) is 5.72. The highest BCUT2D eigenvalue weighted by Gasteiger charge is 2.24. The highest BCUT2D eigenvalue weighted by Crippen LogP contribution is 2.25. The van der Waals surface area contributed by atoms with Gasteiger partial charge in [-0.2, -0.15) is 0 Å². The maximum atomic E-state index is 11.6. The molecule has 0 saturated heterocycles. The van der Waals surface area contributed by atoms with Gasteiger partial charge >= 0.3 is 0 Å². The van der Waals surface area contributed by atoms with Crippen molar-refractivity contribution in [1.29, 1.82) is 0 Å². The largest absolute Gasteiger partial charge is 0.368 e. The third-order valence-electron chi connectivity index (χ3n) is 3.57. The molecule has 0 bridgehead atoms. The minimum Gasteiger partial charge on any atom is -0.368 e. The standard InChI is InChI=1S/C14H19ClN2O/c1-9-6-7-10(8-12(9)15)13(14(16)18)17-11-4-2-3-5-11/h6-8,11,13,17H,2-5H2,1H3,(H2,16,18). The van der Waals surface area contributed by atoms with E-state index in [1.54, 1.807) is 0 Å². The van der Waals surface area contributed by atoms with Gasteiger partial charge in [0, 0.05) is 11.1 Å². The zero-order chi connectivity index (χ0) is 13.1. The Bertz CT molecular complexity index is 441. The van der Waals surface area contributed by atoms with Crippen molar-refractivity contribution in [1.82, 2.24) is 5.32 Å². The summed E-state index contributed by atoms with van der Waals surface area (Å²) < 4.78 is 0. The van der Waals surface area contributed by atoms with Gasteiger partial charge < -0.3 is 5.73 Å². The van der Waals surface area contributed by atoms with Crippen molar-refractivity contribution in [3.8, 4) is 0 Å². The summed E-state index contributed by atoms with van der Waals surface area (Å²) in [6.45, 7) is 1.94. The van der Waals surface area contributed by atoms with Crippen molar-refractivity contribution >= 4 is 17.5 Å². The second-order valence-electron chi connectivity index (χ2n) is 4.99. The lowest BCUT2D eigenvalue weighted by atomic mass is 10.0. The molecule has 1 saturated carbocycles. The summed E-state index contributed by atoms with van der Waals surface area (Å²) in [7, 11) is 0. The molecule has 98 valence electrons. The third-order valence-corrected chi connectivity index (χ3v) is 3.98. The molecule has 1 atom stereocenters. The summed E-state index contributed by atoms with van der Waals surface area (Å²) in [5.41, 5.74) is 7.35. The van der Waals surface area contributed by atoms with Gasteiger partial charge in [-0.05, 0) is 37.0 Å². The van der Waals surface area contributed by atoms with Crippen LogP contribution in [-0.4, -0.2) is 11.9 Å². The zero-order valence-electron chi connectivity index (χ0n) is 10.6. The molecule has 1 unspecified atom stereocenters. The van der Waals surface area contributed by atoms with Crippen LogP contribution in [0.1, 0.15) is 42.9 Å². The van der Waals surface area contributed by atoms with Crippen LogP contribution in [0, 0.1) is 6.92 Å². The molecule has 3 nitrogen and oxygen atoms in total. The van der Waals surface area contributed by atoms with Crippen LogP contribution in [0.4, 0.5) is 0 Å². The number of primary amides is 1. The first-order valence-electron chi connectivity index (χ1n) is 6.39. The monoisotopic (exact) mass is 266 g/mol. The topological polar surface area (TPSA) is 55.1 Å². The quantitative estimate of drug-likeness (QED) is 0.880. The number of aryl methyl sites for hydroxylation is 1. The Morgan fingerprint density at radius 1 is 1.44 bits per heavy atom. The molecule has 0 aliphatic heterocycles. The number of halogens is 1. The molecule has 4 heteroatoms. The highest BCUT2D eigenvalue weighted by atomic mass is 35.5. The van der Waals surface area contributed by atoms with E-state index in [9.17, 15) is 4.79 Å². The van der Waals surface area contributed by atoms with Gasteiger partial charge in [0.05, 0.1) is 0 Å². The van der Waals surface area contributed by atoms with E-state index in [1.165, 1.54) is 12.8 Å². The van der Waals surface area contributed by atoms with Crippen molar-refractivity contribution in [3.05, 3.63) is 34.3 Å². The lowest BCUT2D eigenvalue weighted by Crippen LogP contribution is -2.38. The van der Waals surface area contributed by atoms with Gasteiger partial charge in [-0.15, -0.1) is 0 Å². The van der Waals surface area contributed by atoms with Crippen LogP contribution in [0.5, 0.6) is 0 Å². The average Bonchev–Trinajstić information content (AvgIpc) is 2.82. The van der Waals surface area contributed by atoms with Crippen molar-refractivity contribution in [2.75, 3.05) is 0 Å². The van der Waals surface area contributed by atoms with E-state index >= 15 is 0 Å². The smallest absolute Gasteiger partial charge is 0.239 e. The van der Waals surface area contributed by atoms with E-state index in [1.807, 2.05) is 25.1 Å². The van der Waals surface area contributed by atoms with Crippen LogP contribution in [0.3, 0.4) is 0 Å². The van der Waals surface area contributed by atoms with Crippen LogP contribution >= 0.6 is 11.6 Å². The SMILES string of the molecule is Cc1ccc(C(NC2CCCC2)C(N)=O)cc1Cl. The maximum absolute atomic E-state index is 11.6. The predicted octanol–water partition coefficient (Wildman–Crippen LogP) is 2.71. The number of carbonyl (C=O) groups excluding carboxylic acids is 1. The Morgan fingerprint density at radius 3 is 2.67 bits per heavy atom. The number of hydrogen-bond acceptors (Lipinski definition) is 2. The first kappa shape index (κ1) is 13.4. The number of hydrogen-bond donors (Lipinski definition) is 2. The molecule has 18 heavy (non-hydrogen) atoms. The van der Waals surface area contributed by atoms with Gasteiger partial charge in [0.1, 0.15) is 6.04 Å². The number of amides is 1. The number of nitrogens with one attached hydrogen (secondary N) is 1. The lowest BCUT2D eigenvalue weighted by molar-refractivity contribution is -0.120. The third kappa shape index (κ3) is 3.03. The Labute approximate surface area is 113 Å². The molecule has 2 rings (SSSR count). The van der Waals surface area contributed by atoms with Crippen LogP contribution in [0.2, 0.25) is 5.02 Å². The van der Waals surface area contributed by atoms with E-state index in [0.29, 0.717) is 11.1 Å². The summed E-state index contributed by atoms with van der Waals surface area (Å²) in [5, 5.41) is 4.02.